The van der Waals surface area contributed by atoms with Crippen LogP contribution in [0.4, 0.5) is 13.2 Å². The predicted molar refractivity (Wildman–Crippen MR) is 50.2 cm³/mol. The van der Waals surface area contributed by atoms with Crippen molar-refractivity contribution >= 4 is 5.97 Å². The summed E-state index contributed by atoms with van der Waals surface area (Å²) in [6.07, 6.45) is -2.71. The molecule has 0 aliphatic heterocycles. The third-order valence-corrected chi connectivity index (χ3v) is 2.75. The Kier molecular flexibility index (Phi) is 2.76. The normalized spacial score (nSPS) is 19.8. The second-order valence-corrected chi connectivity index (χ2v) is 3.94. The smallest absolute Gasteiger partial charge is 0.451 e. The van der Waals surface area contributed by atoms with Gasteiger partial charge < -0.3 is 5.11 Å². The molecule has 17 heavy (non-hydrogen) atoms. The van der Waals surface area contributed by atoms with Gasteiger partial charge in [0.15, 0.2) is 0 Å². The van der Waals surface area contributed by atoms with Gasteiger partial charge in [0.05, 0.1) is 5.92 Å². The number of hydrogen-bond donors (Lipinski definition) is 1. The first-order valence-electron chi connectivity index (χ1n) is 5.02. The number of rotatable bonds is 1. The largest absolute Gasteiger partial charge is 0.481 e. The first-order valence-corrected chi connectivity index (χ1v) is 5.02. The third kappa shape index (κ3) is 2.37. The summed E-state index contributed by atoms with van der Waals surface area (Å²) in [6.45, 7) is 0. The predicted octanol–water partition coefficient (Wildman–Crippen LogP) is 1.68. The van der Waals surface area contributed by atoms with Gasteiger partial charge in [-0.3, -0.25) is 4.79 Å². The lowest BCUT2D eigenvalue weighted by Gasteiger charge is -2.20. The SMILES string of the molecule is O=C(O)[C@@H]1CCc2nc(C(F)(F)F)ncc2C1. The van der Waals surface area contributed by atoms with Crippen LogP contribution in [0.5, 0.6) is 0 Å². The third-order valence-electron chi connectivity index (χ3n) is 2.75. The van der Waals surface area contributed by atoms with Crippen molar-refractivity contribution in [2.75, 3.05) is 0 Å². The Morgan fingerprint density at radius 2 is 2.18 bits per heavy atom. The molecule has 0 amide bonds. The molecule has 1 atom stereocenters. The Labute approximate surface area is 94.5 Å². The van der Waals surface area contributed by atoms with E-state index in [0.29, 0.717) is 17.7 Å². The highest BCUT2D eigenvalue weighted by atomic mass is 19.4. The van der Waals surface area contributed by atoms with Gasteiger partial charge in [-0.05, 0) is 24.8 Å². The zero-order chi connectivity index (χ0) is 12.6. The minimum Gasteiger partial charge on any atom is -0.481 e. The van der Waals surface area contributed by atoms with Crippen molar-refractivity contribution in [1.82, 2.24) is 9.97 Å². The van der Waals surface area contributed by atoms with E-state index in [4.69, 9.17) is 5.11 Å². The molecule has 7 heteroatoms. The van der Waals surface area contributed by atoms with Crippen LogP contribution >= 0.6 is 0 Å². The van der Waals surface area contributed by atoms with Gasteiger partial charge in [-0.1, -0.05) is 0 Å². The molecule has 1 aromatic heterocycles. The molecular weight excluding hydrogens is 237 g/mol. The summed E-state index contributed by atoms with van der Waals surface area (Å²) in [5, 5.41) is 8.83. The maximum absolute atomic E-state index is 12.3. The van der Waals surface area contributed by atoms with Crippen molar-refractivity contribution < 1.29 is 23.1 Å². The van der Waals surface area contributed by atoms with Crippen LogP contribution in [0.25, 0.3) is 0 Å². The molecule has 2 rings (SSSR count). The van der Waals surface area contributed by atoms with Crippen molar-refractivity contribution in [2.24, 2.45) is 5.92 Å². The first kappa shape index (κ1) is 11.8. The minimum absolute atomic E-state index is 0.197. The summed E-state index contributed by atoms with van der Waals surface area (Å²) in [6, 6.07) is 0. The molecule has 0 bridgehead atoms. The van der Waals surface area contributed by atoms with E-state index in [2.05, 4.69) is 9.97 Å². The summed E-state index contributed by atoms with van der Waals surface area (Å²) in [7, 11) is 0. The number of nitrogens with zero attached hydrogens (tertiary/aromatic N) is 2. The monoisotopic (exact) mass is 246 g/mol. The second kappa shape index (κ2) is 3.97. The summed E-state index contributed by atoms with van der Waals surface area (Å²) < 4.78 is 37.0. The van der Waals surface area contributed by atoms with E-state index in [1.807, 2.05) is 0 Å². The number of carbonyl (C=O) groups is 1. The number of hydrogen-bond acceptors (Lipinski definition) is 3. The molecule has 1 aliphatic rings. The second-order valence-electron chi connectivity index (χ2n) is 3.94. The van der Waals surface area contributed by atoms with Crippen molar-refractivity contribution in [1.29, 1.82) is 0 Å². The van der Waals surface area contributed by atoms with Crippen LogP contribution in [-0.4, -0.2) is 21.0 Å². The quantitative estimate of drug-likeness (QED) is 0.818. The van der Waals surface area contributed by atoms with Gasteiger partial charge in [-0.15, -0.1) is 0 Å². The molecule has 1 N–H and O–H groups in total. The van der Waals surface area contributed by atoms with Crippen molar-refractivity contribution in [3.63, 3.8) is 0 Å². The van der Waals surface area contributed by atoms with Gasteiger partial charge in [0.25, 0.3) is 0 Å². The molecule has 0 radical (unpaired) electrons. The zero-order valence-corrected chi connectivity index (χ0v) is 8.66. The molecule has 0 spiro atoms. The maximum Gasteiger partial charge on any atom is 0.451 e. The number of carboxylic acid groups (broad SMARTS) is 1. The van der Waals surface area contributed by atoms with Crippen LogP contribution in [0.3, 0.4) is 0 Å². The Bertz CT molecular complexity index is 459. The molecule has 1 heterocycles. The molecule has 0 saturated carbocycles. The topological polar surface area (TPSA) is 63.1 Å². The van der Waals surface area contributed by atoms with E-state index in [0.717, 1.165) is 6.20 Å². The number of carboxylic acids is 1. The molecular formula is C10H9F3N2O2. The van der Waals surface area contributed by atoms with E-state index in [-0.39, 0.29) is 12.8 Å². The van der Waals surface area contributed by atoms with Crippen molar-refractivity contribution in [3.05, 3.63) is 23.3 Å². The molecule has 4 nitrogen and oxygen atoms in total. The number of halogens is 3. The van der Waals surface area contributed by atoms with Crippen molar-refractivity contribution in [2.45, 2.75) is 25.4 Å². The standard InChI is InChI=1S/C10H9F3N2O2/c11-10(12,13)9-14-4-6-3-5(8(16)17)1-2-7(6)15-9/h4-5H,1-3H2,(H,16,17)/t5-/m1/s1. The number of fused-ring (bicyclic) bond motifs is 1. The first-order chi connectivity index (χ1) is 7.88. The number of aromatic nitrogens is 2. The molecule has 1 aliphatic carbocycles. The van der Waals surface area contributed by atoms with Crippen LogP contribution < -0.4 is 0 Å². The highest BCUT2D eigenvalue weighted by Crippen LogP contribution is 2.29. The van der Waals surface area contributed by atoms with Gasteiger partial charge in [-0.25, -0.2) is 9.97 Å². The lowest BCUT2D eigenvalue weighted by molar-refractivity contribution is -0.145. The molecule has 1 aromatic rings. The summed E-state index contributed by atoms with van der Waals surface area (Å²) in [5.41, 5.74) is 0.807. The van der Waals surface area contributed by atoms with Gasteiger partial charge in [0.2, 0.25) is 5.82 Å². The molecule has 0 aromatic carbocycles. The maximum atomic E-state index is 12.3. The molecule has 0 saturated heterocycles. The van der Waals surface area contributed by atoms with Gasteiger partial charge in [0.1, 0.15) is 0 Å². The van der Waals surface area contributed by atoms with E-state index >= 15 is 0 Å². The summed E-state index contributed by atoms with van der Waals surface area (Å²) in [4.78, 5) is 17.4. The van der Waals surface area contributed by atoms with Crippen LogP contribution in [0.1, 0.15) is 23.5 Å². The average Bonchev–Trinajstić information content (AvgIpc) is 2.26. The Morgan fingerprint density at radius 1 is 1.47 bits per heavy atom. The number of aliphatic carboxylic acids is 1. The Hall–Kier alpha value is -1.66. The van der Waals surface area contributed by atoms with Crippen LogP contribution in [0, 0.1) is 5.92 Å². The Balaban J connectivity index is 2.29. The van der Waals surface area contributed by atoms with E-state index in [1.165, 1.54) is 0 Å². The number of alkyl halides is 3. The van der Waals surface area contributed by atoms with Crippen LogP contribution in [0.2, 0.25) is 0 Å². The van der Waals surface area contributed by atoms with E-state index < -0.39 is 23.9 Å². The minimum atomic E-state index is -4.56. The fraction of sp³-hybridized carbons (Fsp3) is 0.500. The molecule has 0 fully saturated rings. The number of aryl methyl sites for hydroxylation is 1. The lowest BCUT2D eigenvalue weighted by Crippen LogP contribution is -2.24. The summed E-state index contributed by atoms with van der Waals surface area (Å²) in [5.74, 6) is -2.65. The molecule has 92 valence electrons. The van der Waals surface area contributed by atoms with Gasteiger partial charge >= 0.3 is 12.1 Å². The van der Waals surface area contributed by atoms with Gasteiger partial charge in [-0.2, -0.15) is 13.2 Å². The fourth-order valence-corrected chi connectivity index (χ4v) is 1.85. The van der Waals surface area contributed by atoms with Crippen molar-refractivity contribution in [3.8, 4) is 0 Å². The zero-order valence-electron chi connectivity index (χ0n) is 8.66. The average molecular weight is 246 g/mol. The highest BCUT2D eigenvalue weighted by Gasteiger charge is 2.36. The Morgan fingerprint density at radius 3 is 2.76 bits per heavy atom. The van der Waals surface area contributed by atoms with Crippen LogP contribution in [-0.2, 0) is 23.8 Å². The van der Waals surface area contributed by atoms with E-state index in [1.54, 1.807) is 0 Å². The molecule has 0 unspecified atom stereocenters. The van der Waals surface area contributed by atoms with E-state index in [9.17, 15) is 18.0 Å². The lowest BCUT2D eigenvalue weighted by atomic mass is 9.87. The fourth-order valence-electron chi connectivity index (χ4n) is 1.85. The van der Waals surface area contributed by atoms with Crippen LogP contribution in [0.15, 0.2) is 6.20 Å². The summed E-state index contributed by atoms with van der Waals surface area (Å²) >= 11 is 0. The highest BCUT2D eigenvalue weighted by molar-refractivity contribution is 5.70. The van der Waals surface area contributed by atoms with Gasteiger partial charge in [0, 0.05) is 11.9 Å².